The number of hydrogen-bond donors (Lipinski definition) is 1. The van der Waals surface area contributed by atoms with E-state index in [2.05, 4.69) is 4.72 Å². The van der Waals surface area contributed by atoms with E-state index in [4.69, 9.17) is 4.74 Å². The summed E-state index contributed by atoms with van der Waals surface area (Å²) in [5.41, 5.74) is 0.890. The largest absolute Gasteiger partial charge is 0.457 e. The van der Waals surface area contributed by atoms with Crippen molar-refractivity contribution in [3.05, 3.63) is 65.5 Å². The molecule has 0 unspecified atom stereocenters. The SMILES string of the molecule is CNS(=O)(=O)c1ccc(C(=O)OCc2ccc(F)cc2)cc1. The zero-order valence-corrected chi connectivity index (χ0v) is 12.6. The molecule has 7 heteroatoms. The average Bonchev–Trinajstić information content (AvgIpc) is 2.54. The summed E-state index contributed by atoms with van der Waals surface area (Å²) < 4.78 is 43.1. The lowest BCUT2D eigenvalue weighted by molar-refractivity contribution is 0.0472. The summed E-state index contributed by atoms with van der Waals surface area (Å²) in [4.78, 5) is 11.9. The fourth-order valence-corrected chi connectivity index (χ4v) is 2.43. The van der Waals surface area contributed by atoms with Crippen LogP contribution in [0.15, 0.2) is 53.4 Å². The molecule has 1 N–H and O–H groups in total. The maximum atomic E-state index is 12.8. The maximum absolute atomic E-state index is 12.8. The van der Waals surface area contributed by atoms with Gasteiger partial charge in [-0.15, -0.1) is 0 Å². The first kappa shape index (κ1) is 16.1. The van der Waals surface area contributed by atoms with Crippen LogP contribution in [0.5, 0.6) is 0 Å². The Morgan fingerprint density at radius 2 is 1.68 bits per heavy atom. The Morgan fingerprint density at radius 1 is 1.09 bits per heavy atom. The highest BCUT2D eigenvalue weighted by Gasteiger charge is 2.13. The third kappa shape index (κ3) is 3.90. The third-order valence-corrected chi connectivity index (χ3v) is 4.38. The van der Waals surface area contributed by atoms with Crippen LogP contribution in [-0.4, -0.2) is 21.4 Å². The number of hydrogen-bond acceptors (Lipinski definition) is 4. The van der Waals surface area contributed by atoms with Crippen LogP contribution in [-0.2, 0) is 21.4 Å². The van der Waals surface area contributed by atoms with Crippen LogP contribution in [0.2, 0.25) is 0 Å². The summed E-state index contributed by atoms with van der Waals surface area (Å²) in [6.45, 7) is 0.00960. The molecular weight excluding hydrogens is 309 g/mol. The molecule has 0 amide bonds. The minimum atomic E-state index is -3.54. The summed E-state index contributed by atoms with van der Waals surface area (Å²) >= 11 is 0. The van der Waals surface area contributed by atoms with E-state index < -0.39 is 16.0 Å². The standard InChI is InChI=1S/C15H14FNO4S/c1-17-22(19,20)14-8-4-12(5-9-14)15(18)21-10-11-2-6-13(16)7-3-11/h2-9,17H,10H2,1H3. The van der Waals surface area contributed by atoms with Gasteiger partial charge in [-0.25, -0.2) is 22.3 Å². The number of sulfonamides is 1. The van der Waals surface area contributed by atoms with Crippen LogP contribution in [0.25, 0.3) is 0 Å². The van der Waals surface area contributed by atoms with Crippen LogP contribution in [0.1, 0.15) is 15.9 Å². The van der Waals surface area contributed by atoms with E-state index in [9.17, 15) is 17.6 Å². The highest BCUT2D eigenvalue weighted by atomic mass is 32.2. The van der Waals surface area contributed by atoms with Gasteiger partial charge < -0.3 is 4.74 Å². The second-order valence-corrected chi connectivity index (χ2v) is 6.32. The molecule has 116 valence electrons. The molecule has 0 aliphatic rings. The quantitative estimate of drug-likeness (QED) is 0.855. The van der Waals surface area contributed by atoms with Gasteiger partial charge >= 0.3 is 5.97 Å². The highest BCUT2D eigenvalue weighted by Crippen LogP contribution is 2.12. The van der Waals surface area contributed by atoms with Crippen molar-refractivity contribution in [2.75, 3.05) is 7.05 Å². The molecule has 0 fully saturated rings. The molecule has 0 saturated carbocycles. The summed E-state index contributed by atoms with van der Waals surface area (Å²) in [7, 11) is -2.23. The second kappa shape index (κ2) is 6.67. The number of halogens is 1. The van der Waals surface area contributed by atoms with Gasteiger partial charge in [-0.2, -0.15) is 0 Å². The van der Waals surface area contributed by atoms with Gasteiger partial charge in [0, 0.05) is 0 Å². The molecule has 0 spiro atoms. The van der Waals surface area contributed by atoms with Gasteiger partial charge in [0.25, 0.3) is 0 Å². The number of rotatable bonds is 5. The van der Waals surface area contributed by atoms with Crippen molar-refractivity contribution in [2.45, 2.75) is 11.5 Å². The Kier molecular flexibility index (Phi) is 4.89. The van der Waals surface area contributed by atoms with Gasteiger partial charge in [-0.3, -0.25) is 0 Å². The summed E-state index contributed by atoms with van der Waals surface area (Å²) in [6.07, 6.45) is 0. The minimum Gasteiger partial charge on any atom is -0.457 e. The Labute approximate surface area is 127 Å². The second-order valence-electron chi connectivity index (χ2n) is 4.43. The molecule has 2 rings (SSSR count). The first-order chi connectivity index (χ1) is 10.4. The van der Waals surface area contributed by atoms with Crippen LogP contribution in [0.4, 0.5) is 4.39 Å². The van der Waals surface area contributed by atoms with Gasteiger partial charge in [0.15, 0.2) is 0 Å². The number of carbonyl (C=O) groups is 1. The molecule has 5 nitrogen and oxygen atoms in total. The molecule has 0 heterocycles. The first-order valence-corrected chi connectivity index (χ1v) is 7.86. The van der Waals surface area contributed by atoms with Crippen molar-refractivity contribution in [2.24, 2.45) is 0 Å². The fraction of sp³-hybridized carbons (Fsp3) is 0.133. The average molecular weight is 323 g/mol. The van der Waals surface area contributed by atoms with Gasteiger partial charge in [-0.1, -0.05) is 12.1 Å². The normalized spacial score (nSPS) is 11.2. The first-order valence-electron chi connectivity index (χ1n) is 6.37. The zero-order chi connectivity index (χ0) is 16.2. The summed E-state index contributed by atoms with van der Waals surface area (Å²) in [6, 6.07) is 11.0. The number of benzene rings is 2. The van der Waals surface area contributed by atoms with Crippen LogP contribution in [0, 0.1) is 5.82 Å². The van der Waals surface area contributed by atoms with Crippen LogP contribution in [0.3, 0.4) is 0 Å². The van der Waals surface area contributed by atoms with Gasteiger partial charge in [-0.05, 0) is 49.0 Å². The topological polar surface area (TPSA) is 72.5 Å². The molecule has 0 saturated heterocycles. The molecule has 0 atom stereocenters. The van der Waals surface area contributed by atoms with Gasteiger partial charge in [0.1, 0.15) is 12.4 Å². The summed E-state index contributed by atoms with van der Waals surface area (Å²) in [5.74, 6) is -0.950. The van der Waals surface area contributed by atoms with Crippen molar-refractivity contribution < 1.29 is 22.3 Å². The Balaban J connectivity index is 2.02. The van der Waals surface area contributed by atoms with Crippen molar-refractivity contribution in [1.29, 1.82) is 0 Å². The van der Waals surface area contributed by atoms with Crippen molar-refractivity contribution >= 4 is 16.0 Å². The molecule has 0 aliphatic heterocycles. The molecule has 0 radical (unpaired) electrons. The van der Waals surface area contributed by atoms with Crippen molar-refractivity contribution in [3.8, 4) is 0 Å². The van der Waals surface area contributed by atoms with E-state index in [1.807, 2.05) is 0 Å². The minimum absolute atomic E-state index is 0.00960. The molecule has 2 aromatic rings. The predicted molar refractivity (Wildman–Crippen MR) is 78.2 cm³/mol. The van der Waals surface area contributed by atoms with Gasteiger partial charge in [0.05, 0.1) is 10.5 Å². The van der Waals surface area contributed by atoms with Gasteiger partial charge in [0.2, 0.25) is 10.0 Å². The van der Waals surface area contributed by atoms with E-state index in [0.29, 0.717) is 5.56 Å². The Bertz CT molecular complexity index is 755. The lowest BCUT2D eigenvalue weighted by Gasteiger charge is -2.06. The molecule has 2 aromatic carbocycles. The fourth-order valence-electron chi connectivity index (χ4n) is 1.70. The van der Waals surface area contributed by atoms with Crippen molar-refractivity contribution in [1.82, 2.24) is 4.72 Å². The Morgan fingerprint density at radius 3 is 2.23 bits per heavy atom. The van der Waals surface area contributed by atoms with Crippen molar-refractivity contribution in [3.63, 3.8) is 0 Å². The lowest BCUT2D eigenvalue weighted by Crippen LogP contribution is -2.18. The number of nitrogens with one attached hydrogen (secondary N) is 1. The molecule has 0 bridgehead atoms. The van der Waals surface area contributed by atoms with Crippen LogP contribution < -0.4 is 4.72 Å². The zero-order valence-electron chi connectivity index (χ0n) is 11.7. The van der Waals surface area contributed by atoms with E-state index >= 15 is 0 Å². The highest BCUT2D eigenvalue weighted by molar-refractivity contribution is 7.89. The number of ether oxygens (including phenoxy) is 1. The maximum Gasteiger partial charge on any atom is 0.338 e. The molecular formula is C15H14FNO4S. The lowest BCUT2D eigenvalue weighted by atomic mass is 10.2. The number of esters is 1. The predicted octanol–water partition coefficient (Wildman–Crippen LogP) is 2.09. The van der Waals surface area contributed by atoms with E-state index in [-0.39, 0.29) is 22.9 Å². The van der Waals surface area contributed by atoms with Crippen LogP contribution >= 0.6 is 0 Å². The van der Waals surface area contributed by atoms with E-state index in [0.717, 1.165) is 0 Å². The Hall–Kier alpha value is -2.25. The monoisotopic (exact) mass is 323 g/mol. The molecule has 0 aliphatic carbocycles. The van der Waals surface area contributed by atoms with E-state index in [1.54, 1.807) is 0 Å². The summed E-state index contributed by atoms with van der Waals surface area (Å²) in [5, 5.41) is 0. The number of carbonyl (C=O) groups excluding carboxylic acids is 1. The molecule has 22 heavy (non-hydrogen) atoms. The third-order valence-electron chi connectivity index (χ3n) is 2.95. The van der Waals surface area contributed by atoms with E-state index in [1.165, 1.54) is 55.6 Å². The smallest absolute Gasteiger partial charge is 0.338 e. The molecule has 0 aromatic heterocycles.